The van der Waals surface area contributed by atoms with Gasteiger partial charge in [0, 0.05) is 10.4 Å². The summed E-state index contributed by atoms with van der Waals surface area (Å²) >= 11 is 10.5. The van der Waals surface area contributed by atoms with Crippen LogP contribution in [0.4, 0.5) is 0 Å². The monoisotopic (exact) mass is 303 g/mol. The first-order valence-corrected chi connectivity index (χ1v) is 6.27. The maximum absolute atomic E-state index is 5.77. The number of halogens is 2. The Kier molecular flexibility index (Phi) is 3.61. The van der Waals surface area contributed by atoms with Gasteiger partial charge in [0.1, 0.15) is 11.2 Å². The van der Waals surface area contributed by atoms with Crippen molar-refractivity contribution in [1.29, 1.82) is 0 Å². The summed E-state index contributed by atoms with van der Waals surface area (Å²) in [5.41, 5.74) is 1.07. The third-order valence-electron chi connectivity index (χ3n) is 1.73. The summed E-state index contributed by atoms with van der Waals surface area (Å²) in [5, 5.41) is 3.28. The third kappa shape index (κ3) is 3.19. The van der Waals surface area contributed by atoms with Crippen LogP contribution in [0.25, 0.3) is 0 Å². The SMILES string of the molecule is Clc1ccc(COc2nc(Br)cs2)cc1. The summed E-state index contributed by atoms with van der Waals surface area (Å²) in [7, 11) is 0. The molecule has 0 fully saturated rings. The summed E-state index contributed by atoms with van der Waals surface area (Å²) < 4.78 is 6.29. The number of benzene rings is 1. The number of nitrogens with zero attached hydrogens (tertiary/aromatic N) is 1. The Morgan fingerprint density at radius 1 is 1.33 bits per heavy atom. The average molecular weight is 305 g/mol. The minimum Gasteiger partial charge on any atom is -0.465 e. The lowest BCUT2D eigenvalue weighted by molar-refractivity contribution is 0.304. The zero-order valence-corrected chi connectivity index (χ0v) is 10.8. The van der Waals surface area contributed by atoms with Gasteiger partial charge < -0.3 is 4.74 Å². The molecule has 78 valence electrons. The molecule has 1 heterocycles. The normalized spacial score (nSPS) is 10.3. The van der Waals surface area contributed by atoms with Gasteiger partial charge in [0.05, 0.1) is 0 Å². The molecule has 0 bridgehead atoms. The van der Waals surface area contributed by atoms with E-state index < -0.39 is 0 Å². The zero-order chi connectivity index (χ0) is 10.7. The molecule has 0 radical (unpaired) electrons. The highest BCUT2D eigenvalue weighted by Crippen LogP contribution is 2.22. The molecule has 0 unspecified atom stereocenters. The Hall–Kier alpha value is -0.580. The second-order valence-electron chi connectivity index (χ2n) is 2.85. The summed E-state index contributed by atoms with van der Waals surface area (Å²) in [6, 6.07) is 7.56. The summed E-state index contributed by atoms with van der Waals surface area (Å²) in [6.07, 6.45) is 0. The molecule has 2 rings (SSSR count). The highest BCUT2D eigenvalue weighted by atomic mass is 79.9. The van der Waals surface area contributed by atoms with E-state index in [0.29, 0.717) is 11.8 Å². The molecule has 0 aliphatic heterocycles. The number of ether oxygens (including phenoxy) is 1. The highest BCUT2D eigenvalue weighted by molar-refractivity contribution is 9.10. The number of rotatable bonds is 3. The van der Waals surface area contributed by atoms with Gasteiger partial charge in [-0.05, 0) is 33.6 Å². The maximum Gasteiger partial charge on any atom is 0.274 e. The number of hydrogen-bond acceptors (Lipinski definition) is 3. The van der Waals surface area contributed by atoms with Crippen molar-refractivity contribution >= 4 is 38.9 Å². The standard InChI is InChI=1S/C10H7BrClNOS/c11-9-6-15-10(13-9)14-5-7-1-3-8(12)4-2-7/h1-4,6H,5H2. The highest BCUT2D eigenvalue weighted by Gasteiger charge is 2.00. The average Bonchev–Trinajstić information content (AvgIpc) is 2.64. The molecule has 2 nitrogen and oxygen atoms in total. The molecule has 0 atom stereocenters. The minimum absolute atomic E-state index is 0.511. The van der Waals surface area contributed by atoms with Crippen molar-refractivity contribution in [3.05, 3.63) is 44.8 Å². The first kappa shape index (κ1) is 10.9. The van der Waals surface area contributed by atoms with Crippen LogP contribution in [-0.2, 0) is 6.61 Å². The van der Waals surface area contributed by atoms with Gasteiger partial charge in [-0.2, -0.15) is 4.98 Å². The predicted molar refractivity (Wildman–Crippen MR) is 65.6 cm³/mol. The largest absolute Gasteiger partial charge is 0.465 e. The summed E-state index contributed by atoms with van der Waals surface area (Å²) in [5.74, 6) is 0. The Morgan fingerprint density at radius 2 is 2.07 bits per heavy atom. The molecule has 1 aromatic carbocycles. The molecule has 0 aliphatic carbocycles. The topological polar surface area (TPSA) is 22.1 Å². The van der Waals surface area contributed by atoms with Crippen molar-refractivity contribution in [3.63, 3.8) is 0 Å². The molecule has 0 N–H and O–H groups in total. The van der Waals surface area contributed by atoms with E-state index in [2.05, 4.69) is 20.9 Å². The van der Waals surface area contributed by atoms with Crippen LogP contribution < -0.4 is 4.74 Å². The van der Waals surface area contributed by atoms with Crippen molar-refractivity contribution in [2.45, 2.75) is 6.61 Å². The Balaban J connectivity index is 1.96. The van der Waals surface area contributed by atoms with E-state index in [1.807, 2.05) is 29.6 Å². The van der Waals surface area contributed by atoms with Crippen molar-refractivity contribution in [2.24, 2.45) is 0 Å². The minimum atomic E-state index is 0.511. The van der Waals surface area contributed by atoms with E-state index >= 15 is 0 Å². The molecule has 1 aromatic heterocycles. The van der Waals surface area contributed by atoms with E-state index in [-0.39, 0.29) is 0 Å². The van der Waals surface area contributed by atoms with E-state index in [1.165, 1.54) is 11.3 Å². The quantitative estimate of drug-likeness (QED) is 0.850. The van der Waals surface area contributed by atoms with Crippen molar-refractivity contribution in [2.75, 3.05) is 0 Å². The molecular weight excluding hydrogens is 298 g/mol. The molecule has 0 saturated carbocycles. The van der Waals surface area contributed by atoms with Gasteiger partial charge in [-0.3, -0.25) is 0 Å². The molecule has 5 heteroatoms. The number of aromatic nitrogens is 1. The Morgan fingerprint density at radius 3 is 2.67 bits per heavy atom. The van der Waals surface area contributed by atoms with Crippen LogP contribution >= 0.6 is 38.9 Å². The Labute approximate surface area is 105 Å². The molecular formula is C10H7BrClNOS. The summed E-state index contributed by atoms with van der Waals surface area (Å²) in [6.45, 7) is 0.511. The smallest absolute Gasteiger partial charge is 0.274 e. The molecule has 0 spiro atoms. The summed E-state index contributed by atoms with van der Waals surface area (Å²) in [4.78, 5) is 4.13. The lowest BCUT2D eigenvalue weighted by Gasteiger charge is -2.01. The van der Waals surface area contributed by atoms with Crippen molar-refractivity contribution in [1.82, 2.24) is 4.98 Å². The van der Waals surface area contributed by atoms with E-state index in [4.69, 9.17) is 16.3 Å². The van der Waals surface area contributed by atoms with Crippen LogP contribution in [0.1, 0.15) is 5.56 Å². The fraction of sp³-hybridized carbons (Fsp3) is 0.100. The van der Waals surface area contributed by atoms with Gasteiger partial charge in [-0.25, -0.2) is 0 Å². The fourth-order valence-corrected chi connectivity index (χ4v) is 2.24. The fourth-order valence-electron chi connectivity index (χ4n) is 1.03. The third-order valence-corrected chi connectivity index (χ3v) is 3.44. The maximum atomic E-state index is 5.77. The van der Waals surface area contributed by atoms with Crippen LogP contribution in [0.3, 0.4) is 0 Å². The van der Waals surface area contributed by atoms with Crippen LogP contribution in [0.15, 0.2) is 34.2 Å². The van der Waals surface area contributed by atoms with Crippen molar-refractivity contribution < 1.29 is 4.74 Å². The van der Waals surface area contributed by atoms with E-state index in [9.17, 15) is 0 Å². The van der Waals surface area contributed by atoms with Gasteiger partial charge >= 0.3 is 0 Å². The molecule has 0 saturated heterocycles. The number of hydrogen-bond donors (Lipinski definition) is 0. The van der Waals surface area contributed by atoms with Crippen LogP contribution in [0.5, 0.6) is 5.19 Å². The lowest BCUT2D eigenvalue weighted by Crippen LogP contribution is -1.94. The second kappa shape index (κ2) is 4.96. The van der Waals surface area contributed by atoms with E-state index in [0.717, 1.165) is 15.2 Å². The van der Waals surface area contributed by atoms with Crippen LogP contribution in [0, 0.1) is 0 Å². The molecule has 0 amide bonds. The molecule has 15 heavy (non-hydrogen) atoms. The molecule has 2 aromatic rings. The Bertz CT molecular complexity index is 443. The van der Waals surface area contributed by atoms with Gasteiger partial charge in [0.15, 0.2) is 0 Å². The van der Waals surface area contributed by atoms with Gasteiger partial charge in [-0.15, -0.1) is 0 Å². The predicted octanol–water partition coefficient (Wildman–Crippen LogP) is 4.14. The van der Waals surface area contributed by atoms with E-state index in [1.54, 1.807) is 0 Å². The van der Waals surface area contributed by atoms with Crippen LogP contribution in [0.2, 0.25) is 5.02 Å². The van der Waals surface area contributed by atoms with Gasteiger partial charge in [0.25, 0.3) is 5.19 Å². The number of thiazole rings is 1. The lowest BCUT2D eigenvalue weighted by atomic mass is 10.2. The van der Waals surface area contributed by atoms with Crippen molar-refractivity contribution in [3.8, 4) is 5.19 Å². The van der Waals surface area contributed by atoms with Gasteiger partial charge in [0.2, 0.25) is 0 Å². The zero-order valence-electron chi connectivity index (χ0n) is 7.61. The first-order chi connectivity index (χ1) is 7.24. The second-order valence-corrected chi connectivity index (χ2v) is 4.92. The van der Waals surface area contributed by atoms with Gasteiger partial charge in [-0.1, -0.05) is 35.1 Å². The first-order valence-electron chi connectivity index (χ1n) is 4.22. The molecule has 0 aliphatic rings. The van der Waals surface area contributed by atoms with Crippen LogP contribution in [-0.4, -0.2) is 4.98 Å².